The maximum absolute atomic E-state index is 9.99. The lowest BCUT2D eigenvalue weighted by atomic mass is 9.84. The second kappa shape index (κ2) is 3.78. The molecule has 2 nitrogen and oxygen atoms in total. The summed E-state index contributed by atoms with van der Waals surface area (Å²) >= 11 is 1.76. The van der Waals surface area contributed by atoms with Gasteiger partial charge in [0.1, 0.15) is 0 Å². The summed E-state index contributed by atoms with van der Waals surface area (Å²) in [6, 6.07) is 2.05. The van der Waals surface area contributed by atoms with Crippen molar-refractivity contribution in [3.63, 3.8) is 0 Å². The molecule has 1 aliphatic carbocycles. The van der Waals surface area contributed by atoms with E-state index >= 15 is 0 Å². The summed E-state index contributed by atoms with van der Waals surface area (Å²) in [4.78, 5) is 1.36. The number of thiophene rings is 1. The van der Waals surface area contributed by atoms with Crippen molar-refractivity contribution >= 4 is 11.3 Å². The van der Waals surface area contributed by atoms with Gasteiger partial charge in [0.25, 0.3) is 0 Å². The Labute approximate surface area is 82.4 Å². The quantitative estimate of drug-likeness (QED) is 0.758. The van der Waals surface area contributed by atoms with Crippen molar-refractivity contribution in [3.8, 4) is 0 Å². The molecule has 2 atom stereocenters. The Hall–Kier alpha value is -0.380. The van der Waals surface area contributed by atoms with Gasteiger partial charge in [-0.3, -0.25) is 0 Å². The molecule has 0 bridgehead atoms. The zero-order chi connectivity index (χ0) is 9.26. The molecule has 3 heteroatoms. The van der Waals surface area contributed by atoms with Gasteiger partial charge >= 0.3 is 0 Å². The molecule has 13 heavy (non-hydrogen) atoms. The number of aliphatic hydroxyl groups is 1. The summed E-state index contributed by atoms with van der Waals surface area (Å²) in [5.74, 6) is 0.382. The summed E-state index contributed by atoms with van der Waals surface area (Å²) in [5.41, 5.74) is 6.66. The van der Waals surface area contributed by atoms with Crippen molar-refractivity contribution in [2.75, 3.05) is 6.54 Å². The van der Waals surface area contributed by atoms with Crippen LogP contribution in [0, 0.1) is 5.92 Å². The molecule has 0 spiro atoms. The predicted octanol–water partition coefficient (Wildman–Crippen LogP) is 1.69. The molecule has 0 saturated carbocycles. The lowest BCUT2D eigenvalue weighted by molar-refractivity contribution is 0.0910. The Morgan fingerprint density at radius 2 is 2.46 bits per heavy atom. The van der Waals surface area contributed by atoms with E-state index in [1.54, 1.807) is 11.3 Å². The first-order chi connectivity index (χ1) is 6.33. The second-order valence-corrected chi connectivity index (χ2v) is 4.62. The molecule has 72 valence electrons. The van der Waals surface area contributed by atoms with Gasteiger partial charge in [0.05, 0.1) is 6.10 Å². The van der Waals surface area contributed by atoms with E-state index in [0.29, 0.717) is 12.5 Å². The van der Waals surface area contributed by atoms with Gasteiger partial charge in [-0.05, 0) is 48.7 Å². The monoisotopic (exact) mass is 197 g/mol. The molecule has 0 aliphatic heterocycles. The van der Waals surface area contributed by atoms with E-state index in [9.17, 15) is 5.11 Å². The number of aryl methyl sites for hydroxylation is 1. The normalized spacial score (nSPS) is 27.2. The van der Waals surface area contributed by atoms with Crippen LogP contribution in [0.3, 0.4) is 0 Å². The van der Waals surface area contributed by atoms with E-state index in [0.717, 1.165) is 24.8 Å². The highest BCUT2D eigenvalue weighted by atomic mass is 32.1. The minimum atomic E-state index is -0.265. The van der Waals surface area contributed by atoms with E-state index in [1.165, 1.54) is 4.88 Å². The van der Waals surface area contributed by atoms with Crippen LogP contribution in [0.2, 0.25) is 0 Å². The van der Waals surface area contributed by atoms with Crippen molar-refractivity contribution < 1.29 is 5.11 Å². The Bertz CT molecular complexity index is 284. The average Bonchev–Trinajstić information content (AvgIpc) is 2.58. The average molecular weight is 197 g/mol. The standard InChI is InChI=1S/C10H15NOS/c11-5-3-7-1-2-9-8(10(7)12)4-6-13-9/h4,6-7,10,12H,1-3,5,11H2. The summed E-state index contributed by atoms with van der Waals surface area (Å²) < 4.78 is 0. The Morgan fingerprint density at radius 1 is 1.62 bits per heavy atom. The van der Waals surface area contributed by atoms with Crippen LogP contribution in [0.1, 0.15) is 29.4 Å². The first-order valence-electron chi connectivity index (χ1n) is 4.77. The van der Waals surface area contributed by atoms with Crippen molar-refractivity contribution in [2.45, 2.75) is 25.4 Å². The topological polar surface area (TPSA) is 46.2 Å². The largest absolute Gasteiger partial charge is 0.388 e. The lowest BCUT2D eigenvalue weighted by Gasteiger charge is -2.27. The molecule has 3 N–H and O–H groups in total. The highest BCUT2D eigenvalue weighted by Crippen LogP contribution is 2.38. The molecular weight excluding hydrogens is 182 g/mol. The fraction of sp³-hybridized carbons (Fsp3) is 0.600. The third-order valence-corrected chi connectivity index (χ3v) is 3.82. The summed E-state index contributed by atoms with van der Waals surface area (Å²) in [7, 11) is 0. The van der Waals surface area contributed by atoms with Gasteiger partial charge in [0, 0.05) is 4.88 Å². The zero-order valence-electron chi connectivity index (χ0n) is 7.57. The van der Waals surface area contributed by atoms with Crippen LogP contribution in [0.25, 0.3) is 0 Å². The van der Waals surface area contributed by atoms with Crippen LogP contribution >= 0.6 is 11.3 Å². The minimum Gasteiger partial charge on any atom is -0.388 e. The van der Waals surface area contributed by atoms with E-state index < -0.39 is 0 Å². The van der Waals surface area contributed by atoms with Gasteiger partial charge in [-0.25, -0.2) is 0 Å². The first kappa shape index (κ1) is 9.19. The Morgan fingerprint density at radius 3 is 3.23 bits per heavy atom. The van der Waals surface area contributed by atoms with Gasteiger partial charge in [0.2, 0.25) is 0 Å². The van der Waals surface area contributed by atoms with Crippen molar-refractivity contribution in [2.24, 2.45) is 11.7 Å². The molecule has 0 aromatic carbocycles. The molecule has 0 radical (unpaired) electrons. The lowest BCUT2D eigenvalue weighted by Crippen LogP contribution is -2.21. The van der Waals surface area contributed by atoms with Crippen molar-refractivity contribution in [1.82, 2.24) is 0 Å². The Kier molecular flexibility index (Phi) is 2.67. The van der Waals surface area contributed by atoms with Gasteiger partial charge in [-0.1, -0.05) is 0 Å². The minimum absolute atomic E-state index is 0.265. The molecule has 1 heterocycles. The number of rotatable bonds is 2. The molecular formula is C10H15NOS. The van der Waals surface area contributed by atoms with E-state index in [-0.39, 0.29) is 6.10 Å². The molecule has 1 aliphatic rings. The first-order valence-corrected chi connectivity index (χ1v) is 5.65. The number of hydrogen-bond acceptors (Lipinski definition) is 3. The van der Waals surface area contributed by atoms with Crippen molar-refractivity contribution in [1.29, 1.82) is 0 Å². The maximum Gasteiger partial charge on any atom is 0.0829 e. The maximum atomic E-state index is 9.99. The summed E-state index contributed by atoms with van der Waals surface area (Å²) in [6.07, 6.45) is 2.88. The van der Waals surface area contributed by atoms with Crippen LogP contribution < -0.4 is 5.73 Å². The van der Waals surface area contributed by atoms with E-state index in [2.05, 4.69) is 5.38 Å². The predicted molar refractivity (Wildman–Crippen MR) is 54.8 cm³/mol. The number of nitrogens with two attached hydrogens (primary N) is 1. The highest BCUT2D eigenvalue weighted by Gasteiger charge is 2.27. The number of aliphatic hydroxyl groups excluding tert-OH is 1. The fourth-order valence-corrected chi connectivity index (χ4v) is 3.00. The summed E-state index contributed by atoms with van der Waals surface area (Å²) in [5, 5.41) is 12.1. The SMILES string of the molecule is NCCC1CCc2sccc2C1O. The number of hydrogen-bond donors (Lipinski definition) is 2. The Balaban J connectivity index is 2.17. The van der Waals surface area contributed by atoms with Gasteiger partial charge in [-0.15, -0.1) is 11.3 Å². The van der Waals surface area contributed by atoms with Crippen LogP contribution in [0.15, 0.2) is 11.4 Å². The molecule has 0 saturated heterocycles. The molecule has 2 unspecified atom stereocenters. The second-order valence-electron chi connectivity index (χ2n) is 3.62. The zero-order valence-corrected chi connectivity index (χ0v) is 8.39. The van der Waals surface area contributed by atoms with Crippen LogP contribution in [-0.2, 0) is 6.42 Å². The third-order valence-electron chi connectivity index (χ3n) is 2.82. The van der Waals surface area contributed by atoms with E-state index in [4.69, 9.17) is 5.73 Å². The van der Waals surface area contributed by atoms with Crippen LogP contribution in [0.5, 0.6) is 0 Å². The molecule has 0 fully saturated rings. The molecule has 2 rings (SSSR count). The number of fused-ring (bicyclic) bond motifs is 1. The van der Waals surface area contributed by atoms with Gasteiger partial charge < -0.3 is 10.8 Å². The molecule has 1 aromatic rings. The van der Waals surface area contributed by atoms with Gasteiger partial charge in [0.15, 0.2) is 0 Å². The molecule has 0 amide bonds. The molecule has 1 aromatic heterocycles. The smallest absolute Gasteiger partial charge is 0.0829 e. The third kappa shape index (κ3) is 1.64. The summed E-state index contributed by atoms with van der Waals surface area (Å²) in [6.45, 7) is 0.682. The van der Waals surface area contributed by atoms with Crippen molar-refractivity contribution in [3.05, 3.63) is 21.9 Å². The van der Waals surface area contributed by atoms with E-state index in [1.807, 2.05) is 6.07 Å². The highest BCUT2D eigenvalue weighted by molar-refractivity contribution is 7.10. The van der Waals surface area contributed by atoms with Gasteiger partial charge in [-0.2, -0.15) is 0 Å². The van der Waals surface area contributed by atoms with Crippen LogP contribution in [-0.4, -0.2) is 11.7 Å². The van der Waals surface area contributed by atoms with Crippen LogP contribution in [0.4, 0.5) is 0 Å². The fourth-order valence-electron chi connectivity index (χ4n) is 2.06.